The molecule has 4 rings (SSSR count). The number of carbonyl (C=O) groups excluding carboxylic acids is 3. The van der Waals surface area contributed by atoms with E-state index in [1.54, 1.807) is 73.8 Å². The van der Waals surface area contributed by atoms with Crippen molar-refractivity contribution >= 4 is 23.3 Å². The van der Waals surface area contributed by atoms with Gasteiger partial charge in [-0.05, 0) is 36.4 Å². The number of methoxy groups -OCH3 is 1. The van der Waals surface area contributed by atoms with Crippen LogP contribution in [0.5, 0.6) is 17.2 Å². The Morgan fingerprint density at radius 2 is 1.58 bits per heavy atom. The van der Waals surface area contributed by atoms with Crippen molar-refractivity contribution in [2.45, 2.75) is 6.42 Å². The third-order valence-electron chi connectivity index (χ3n) is 5.34. The van der Waals surface area contributed by atoms with E-state index in [1.165, 1.54) is 4.90 Å². The first kappa shape index (κ1) is 22.1. The molecule has 0 radical (unpaired) electrons. The number of esters is 1. The quantitative estimate of drug-likeness (QED) is 0.381. The number of para-hydroxylation sites is 2. The zero-order valence-corrected chi connectivity index (χ0v) is 18.1. The number of hydrogen-bond donors (Lipinski definition) is 0. The van der Waals surface area contributed by atoms with E-state index < -0.39 is 11.9 Å². The van der Waals surface area contributed by atoms with E-state index in [-0.39, 0.29) is 31.3 Å². The predicted octanol–water partition coefficient (Wildman–Crippen LogP) is 4.27. The predicted molar refractivity (Wildman–Crippen MR) is 122 cm³/mol. The van der Waals surface area contributed by atoms with Gasteiger partial charge in [0.2, 0.25) is 5.91 Å². The third kappa shape index (κ3) is 5.20. The summed E-state index contributed by atoms with van der Waals surface area (Å²) in [4.78, 5) is 38.6. The Balaban J connectivity index is 1.35. The maximum Gasteiger partial charge on any atom is 0.311 e. The first-order valence-corrected chi connectivity index (χ1v) is 10.5. The fourth-order valence-corrected chi connectivity index (χ4v) is 3.60. The maximum atomic E-state index is 12.5. The normalized spacial score (nSPS) is 15.2. The number of carbonyl (C=O) groups is 3. The third-order valence-corrected chi connectivity index (χ3v) is 5.34. The molecule has 7 heteroatoms. The summed E-state index contributed by atoms with van der Waals surface area (Å²) >= 11 is 0. The van der Waals surface area contributed by atoms with Gasteiger partial charge in [0.05, 0.1) is 13.0 Å². The average molecular weight is 445 g/mol. The number of amides is 1. The molecule has 0 saturated carbocycles. The molecule has 0 aliphatic carbocycles. The number of anilines is 1. The first-order chi connectivity index (χ1) is 16.0. The van der Waals surface area contributed by atoms with Gasteiger partial charge >= 0.3 is 5.97 Å². The van der Waals surface area contributed by atoms with Crippen LogP contribution in [0.15, 0.2) is 78.9 Å². The van der Waals surface area contributed by atoms with Crippen molar-refractivity contribution in [3.05, 3.63) is 84.4 Å². The van der Waals surface area contributed by atoms with E-state index in [2.05, 4.69) is 0 Å². The summed E-state index contributed by atoms with van der Waals surface area (Å²) in [5.41, 5.74) is 1.13. The number of nitrogens with zero attached hydrogens (tertiary/aromatic N) is 1. The van der Waals surface area contributed by atoms with E-state index in [0.717, 1.165) is 0 Å². The second-order valence-corrected chi connectivity index (χ2v) is 7.55. The highest BCUT2D eigenvalue weighted by molar-refractivity contribution is 6.01. The Morgan fingerprint density at radius 3 is 2.27 bits per heavy atom. The Morgan fingerprint density at radius 1 is 0.909 bits per heavy atom. The molecule has 168 valence electrons. The molecule has 33 heavy (non-hydrogen) atoms. The van der Waals surface area contributed by atoms with Gasteiger partial charge in [-0.15, -0.1) is 0 Å². The van der Waals surface area contributed by atoms with E-state index in [9.17, 15) is 14.4 Å². The lowest BCUT2D eigenvalue weighted by Gasteiger charge is -2.17. The van der Waals surface area contributed by atoms with Gasteiger partial charge in [-0.1, -0.05) is 42.5 Å². The van der Waals surface area contributed by atoms with E-state index in [0.29, 0.717) is 28.5 Å². The molecule has 3 aromatic carbocycles. The van der Waals surface area contributed by atoms with Crippen molar-refractivity contribution in [1.82, 2.24) is 0 Å². The second kappa shape index (κ2) is 9.99. The van der Waals surface area contributed by atoms with Gasteiger partial charge < -0.3 is 19.1 Å². The molecule has 1 fully saturated rings. The highest BCUT2D eigenvalue weighted by atomic mass is 16.5. The van der Waals surface area contributed by atoms with Crippen molar-refractivity contribution in [1.29, 1.82) is 0 Å². The summed E-state index contributed by atoms with van der Waals surface area (Å²) in [5.74, 6) is 0.156. The smallest absolute Gasteiger partial charge is 0.311 e. The number of hydrogen-bond acceptors (Lipinski definition) is 6. The van der Waals surface area contributed by atoms with Crippen molar-refractivity contribution in [2.75, 3.05) is 25.2 Å². The van der Waals surface area contributed by atoms with Gasteiger partial charge in [0.1, 0.15) is 5.75 Å². The number of rotatable bonds is 8. The monoisotopic (exact) mass is 445 g/mol. The van der Waals surface area contributed by atoms with Crippen molar-refractivity contribution in [3.8, 4) is 17.2 Å². The standard InChI is InChI=1S/C26H23NO6/c1-31-23-9-5-6-10-24(23)33-21-13-11-20(12-14-21)27-16-19(15-25(27)29)26(30)32-17-22(28)18-7-3-2-4-8-18/h2-14,19H,15-17H2,1H3/t19-/m0/s1. The number of benzene rings is 3. The highest BCUT2D eigenvalue weighted by Crippen LogP contribution is 2.33. The van der Waals surface area contributed by atoms with Crippen molar-refractivity contribution in [3.63, 3.8) is 0 Å². The van der Waals surface area contributed by atoms with E-state index in [1.807, 2.05) is 12.1 Å². The summed E-state index contributed by atoms with van der Waals surface area (Å²) < 4.78 is 16.3. The second-order valence-electron chi connectivity index (χ2n) is 7.55. The molecule has 0 aromatic heterocycles. The van der Waals surface area contributed by atoms with Crippen LogP contribution in [-0.4, -0.2) is 37.9 Å². The van der Waals surface area contributed by atoms with Crippen LogP contribution < -0.4 is 14.4 Å². The van der Waals surface area contributed by atoms with Crippen LogP contribution in [0.2, 0.25) is 0 Å². The van der Waals surface area contributed by atoms with E-state index in [4.69, 9.17) is 14.2 Å². The SMILES string of the molecule is COc1ccccc1Oc1ccc(N2C[C@@H](C(=O)OCC(=O)c3ccccc3)CC2=O)cc1. The van der Waals surface area contributed by atoms with Crippen molar-refractivity contribution < 1.29 is 28.6 Å². The molecule has 0 bridgehead atoms. The average Bonchev–Trinajstić information content (AvgIpc) is 3.25. The summed E-state index contributed by atoms with van der Waals surface area (Å²) in [6.07, 6.45) is 0.0395. The molecular formula is C26H23NO6. The van der Waals surface area contributed by atoms with Crippen LogP contribution in [-0.2, 0) is 14.3 Å². The minimum Gasteiger partial charge on any atom is -0.493 e. The molecule has 7 nitrogen and oxygen atoms in total. The largest absolute Gasteiger partial charge is 0.493 e. The Kier molecular flexibility index (Phi) is 6.69. The van der Waals surface area contributed by atoms with E-state index >= 15 is 0 Å². The lowest BCUT2D eigenvalue weighted by molar-refractivity contribution is -0.147. The Hall–Kier alpha value is -4.13. The van der Waals surface area contributed by atoms with Crippen LogP contribution in [0, 0.1) is 5.92 Å². The van der Waals surface area contributed by atoms with Crippen LogP contribution in [0.25, 0.3) is 0 Å². The van der Waals surface area contributed by atoms with Gasteiger partial charge in [-0.2, -0.15) is 0 Å². The summed E-state index contributed by atoms with van der Waals surface area (Å²) in [5, 5.41) is 0. The zero-order chi connectivity index (χ0) is 23.2. The molecule has 0 N–H and O–H groups in total. The minimum atomic E-state index is -0.620. The van der Waals surface area contributed by atoms with Crippen LogP contribution in [0.3, 0.4) is 0 Å². The molecule has 1 aliphatic heterocycles. The molecule has 0 spiro atoms. The molecule has 1 atom stereocenters. The fraction of sp³-hybridized carbons (Fsp3) is 0.192. The van der Waals surface area contributed by atoms with Gasteiger partial charge in [-0.3, -0.25) is 14.4 Å². The number of Topliss-reactive ketones (excluding diaryl/α,β-unsaturated/α-hetero) is 1. The molecule has 1 amide bonds. The fourth-order valence-electron chi connectivity index (χ4n) is 3.60. The zero-order valence-electron chi connectivity index (χ0n) is 18.1. The van der Waals surface area contributed by atoms with Crippen LogP contribution >= 0.6 is 0 Å². The van der Waals surface area contributed by atoms with Gasteiger partial charge in [0, 0.05) is 24.2 Å². The molecular weight excluding hydrogens is 422 g/mol. The van der Waals surface area contributed by atoms with Crippen molar-refractivity contribution in [2.24, 2.45) is 5.92 Å². The Labute approximate surface area is 191 Å². The van der Waals surface area contributed by atoms with Gasteiger partial charge in [0.25, 0.3) is 0 Å². The molecule has 1 saturated heterocycles. The highest BCUT2D eigenvalue weighted by Gasteiger charge is 2.36. The van der Waals surface area contributed by atoms with Crippen LogP contribution in [0.4, 0.5) is 5.69 Å². The topological polar surface area (TPSA) is 82.1 Å². The summed E-state index contributed by atoms with van der Waals surface area (Å²) in [6, 6.07) is 23.0. The number of ether oxygens (including phenoxy) is 3. The summed E-state index contributed by atoms with van der Waals surface area (Å²) in [6.45, 7) is -0.146. The lowest BCUT2D eigenvalue weighted by atomic mass is 10.1. The summed E-state index contributed by atoms with van der Waals surface area (Å²) in [7, 11) is 1.57. The molecule has 1 heterocycles. The van der Waals surface area contributed by atoms with Crippen LogP contribution in [0.1, 0.15) is 16.8 Å². The lowest BCUT2D eigenvalue weighted by Crippen LogP contribution is -2.27. The Bertz CT molecular complexity index is 1140. The molecule has 3 aromatic rings. The van der Waals surface area contributed by atoms with Gasteiger partial charge in [-0.25, -0.2) is 0 Å². The maximum absolute atomic E-state index is 12.5. The first-order valence-electron chi connectivity index (χ1n) is 10.5. The molecule has 0 unspecified atom stereocenters. The van der Waals surface area contributed by atoms with Gasteiger partial charge in [0.15, 0.2) is 23.9 Å². The molecule has 1 aliphatic rings. The minimum absolute atomic E-state index is 0.0395. The number of ketones is 1.